The minimum absolute atomic E-state index is 0.00553. The molecule has 1 aliphatic heterocycles. The van der Waals surface area contributed by atoms with Crippen molar-refractivity contribution in [1.82, 2.24) is 4.90 Å². The Bertz CT molecular complexity index is 182. The molecule has 1 heterocycles. The van der Waals surface area contributed by atoms with Gasteiger partial charge in [0.15, 0.2) is 0 Å². The van der Waals surface area contributed by atoms with E-state index in [-0.39, 0.29) is 5.60 Å². The van der Waals surface area contributed by atoms with Gasteiger partial charge in [-0.15, -0.1) is 0 Å². The van der Waals surface area contributed by atoms with E-state index in [2.05, 4.69) is 48.5 Å². The predicted molar refractivity (Wildman–Crippen MR) is 64.0 cm³/mol. The Balaban J connectivity index is 2.52. The van der Waals surface area contributed by atoms with Gasteiger partial charge in [0.1, 0.15) is 0 Å². The Hall–Kier alpha value is 0.400. The Morgan fingerprint density at radius 2 is 2.14 bits per heavy atom. The van der Waals surface area contributed by atoms with E-state index in [1.165, 1.54) is 6.54 Å². The molecule has 1 rings (SSSR count). The number of rotatable bonds is 3. The van der Waals surface area contributed by atoms with Gasteiger partial charge in [-0.1, -0.05) is 29.8 Å². The van der Waals surface area contributed by atoms with E-state index in [1.807, 2.05) is 0 Å². The summed E-state index contributed by atoms with van der Waals surface area (Å²) in [5.41, 5.74) is 0.00553. The molecule has 2 nitrogen and oxygen atoms in total. The van der Waals surface area contributed by atoms with E-state index in [0.29, 0.717) is 6.10 Å². The summed E-state index contributed by atoms with van der Waals surface area (Å²) in [5, 5.41) is 0.936. The number of hydrogen-bond donors (Lipinski definition) is 0. The van der Waals surface area contributed by atoms with Crippen molar-refractivity contribution in [3.8, 4) is 0 Å². The van der Waals surface area contributed by atoms with E-state index in [4.69, 9.17) is 4.74 Å². The van der Waals surface area contributed by atoms with Gasteiger partial charge in [-0.05, 0) is 19.8 Å². The highest BCUT2D eigenvalue weighted by atomic mass is 79.9. The van der Waals surface area contributed by atoms with Crippen LogP contribution in [0.25, 0.3) is 0 Å². The van der Waals surface area contributed by atoms with Gasteiger partial charge in [0, 0.05) is 25.0 Å². The van der Waals surface area contributed by atoms with Gasteiger partial charge in [-0.25, -0.2) is 0 Å². The quantitative estimate of drug-likeness (QED) is 0.726. The Labute approximate surface area is 96.1 Å². The van der Waals surface area contributed by atoms with Crippen LogP contribution in [0.2, 0.25) is 0 Å². The maximum atomic E-state index is 5.95. The van der Waals surface area contributed by atoms with Gasteiger partial charge in [0.25, 0.3) is 0 Å². The zero-order chi connectivity index (χ0) is 10.8. The SMILES string of the molecule is CC(C)CN1CC(CBr)OC(C)(C)C1. The van der Waals surface area contributed by atoms with Crippen molar-refractivity contribution in [3.05, 3.63) is 0 Å². The molecule has 1 unspecified atom stereocenters. The second-order valence-corrected chi connectivity index (χ2v) is 5.89. The molecule has 0 radical (unpaired) electrons. The fourth-order valence-electron chi connectivity index (χ4n) is 2.15. The van der Waals surface area contributed by atoms with Crippen LogP contribution >= 0.6 is 15.9 Å². The molecule has 1 atom stereocenters. The van der Waals surface area contributed by atoms with Gasteiger partial charge in [0.05, 0.1) is 11.7 Å². The van der Waals surface area contributed by atoms with Crippen molar-refractivity contribution in [2.24, 2.45) is 5.92 Å². The van der Waals surface area contributed by atoms with Crippen molar-refractivity contribution >= 4 is 15.9 Å². The molecule has 1 aliphatic rings. The molecular formula is C11H22BrNO. The van der Waals surface area contributed by atoms with Crippen LogP contribution in [0.3, 0.4) is 0 Å². The van der Waals surface area contributed by atoms with Crippen LogP contribution in [0, 0.1) is 5.92 Å². The summed E-state index contributed by atoms with van der Waals surface area (Å²) >= 11 is 3.50. The van der Waals surface area contributed by atoms with Crippen molar-refractivity contribution in [1.29, 1.82) is 0 Å². The molecule has 0 N–H and O–H groups in total. The molecule has 0 bridgehead atoms. The average Bonchev–Trinajstić information content (AvgIpc) is 1.99. The van der Waals surface area contributed by atoms with E-state index in [0.717, 1.165) is 24.3 Å². The first-order valence-corrected chi connectivity index (χ1v) is 6.51. The van der Waals surface area contributed by atoms with Crippen LogP contribution in [-0.2, 0) is 4.74 Å². The zero-order valence-corrected chi connectivity index (χ0v) is 11.3. The van der Waals surface area contributed by atoms with Crippen molar-refractivity contribution in [2.75, 3.05) is 25.0 Å². The molecule has 14 heavy (non-hydrogen) atoms. The highest BCUT2D eigenvalue weighted by Crippen LogP contribution is 2.22. The highest BCUT2D eigenvalue weighted by molar-refractivity contribution is 9.09. The fraction of sp³-hybridized carbons (Fsp3) is 1.00. The number of nitrogens with zero attached hydrogens (tertiary/aromatic N) is 1. The average molecular weight is 264 g/mol. The molecule has 3 heteroatoms. The summed E-state index contributed by atoms with van der Waals surface area (Å²) in [7, 11) is 0. The molecule has 0 spiro atoms. The number of alkyl halides is 1. The van der Waals surface area contributed by atoms with Crippen LogP contribution in [0.4, 0.5) is 0 Å². The normalized spacial score (nSPS) is 28.3. The first kappa shape index (κ1) is 12.5. The first-order chi connectivity index (χ1) is 6.43. The lowest BCUT2D eigenvalue weighted by Crippen LogP contribution is -2.53. The molecule has 0 amide bonds. The molecule has 1 fully saturated rings. The maximum Gasteiger partial charge on any atom is 0.0806 e. The van der Waals surface area contributed by atoms with E-state index < -0.39 is 0 Å². The van der Waals surface area contributed by atoms with Crippen molar-refractivity contribution in [2.45, 2.75) is 39.4 Å². The van der Waals surface area contributed by atoms with Gasteiger partial charge >= 0.3 is 0 Å². The zero-order valence-electron chi connectivity index (χ0n) is 9.72. The van der Waals surface area contributed by atoms with Crippen LogP contribution in [0.5, 0.6) is 0 Å². The number of hydrogen-bond acceptors (Lipinski definition) is 2. The fourth-order valence-corrected chi connectivity index (χ4v) is 2.49. The lowest BCUT2D eigenvalue weighted by atomic mass is 10.0. The molecular weight excluding hydrogens is 242 g/mol. The smallest absolute Gasteiger partial charge is 0.0806 e. The second-order valence-electron chi connectivity index (χ2n) is 5.24. The summed E-state index contributed by atoms with van der Waals surface area (Å²) in [6.45, 7) is 12.2. The summed E-state index contributed by atoms with van der Waals surface area (Å²) in [5.74, 6) is 0.736. The molecule has 1 saturated heterocycles. The maximum absolute atomic E-state index is 5.95. The van der Waals surface area contributed by atoms with Crippen LogP contribution < -0.4 is 0 Å². The number of halogens is 1. The second kappa shape index (κ2) is 4.95. The van der Waals surface area contributed by atoms with Crippen molar-refractivity contribution in [3.63, 3.8) is 0 Å². The third-order valence-electron chi connectivity index (χ3n) is 2.35. The molecule has 0 aromatic carbocycles. The number of ether oxygens (including phenoxy) is 1. The Morgan fingerprint density at radius 3 is 2.64 bits per heavy atom. The lowest BCUT2D eigenvalue weighted by molar-refractivity contribution is -0.128. The first-order valence-electron chi connectivity index (χ1n) is 5.39. The molecule has 0 aromatic heterocycles. The third-order valence-corrected chi connectivity index (χ3v) is 3.07. The molecule has 0 aliphatic carbocycles. The van der Waals surface area contributed by atoms with Gasteiger partial charge in [0.2, 0.25) is 0 Å². The lowest BCUT2D eigenvalue weighted by Gasteiger charge is -2.43. The van der Waals surface area contributed by atoms with E-state index in [1.54, 1.807) is 0 Å². The van der Waals surface area contributed by atoms with Gasteiger partial charge in [-0.3, -0.25) is 4.90 Å². The van der Waals surface area contributed by atoms with E-state index in [9.17, 15) is 0 Å². The van der Waals surface area contributed by atoms with Crippen LogP contribution in [0.15, 0.2) is 0 Å². The Kier molecular flexibility index (Phi) is 4.41. The van der Waals surface area contributed by atoms with Crippen LogP contribution in [-0.4, -0.2) is 41.6 Å². The van der Waals surface area contributed by atoms with E-state index >= 15 is 0 Å². The monoisotopic (exact) mass is 263 g/mol. The summed E-state index contributed by atoms with van der Waals surface area (Å²) in [6.07, 6.45) is 0.345. The summed E-state index contributed by atoms with van der Waals surface area (Å²) in [6, 6.07) is 0. The highest BCUT2D eigenvalue weighted by Gasteiger charge is 2.32. The Morgan fingerprint density at radius 1 is 1.50 bits per heavy atom. The molecule has 0 saturated carbocycles. The summed E-state index contributed by atoms with van der Waals surface area (Å²) < 4.78 is 5.95. The predicted octanol–water partition coefficient (Wildman–Crippen LogP) is 2.52. The third kappa shape index (κ3) is 3.87. The standard InChI is InChI=1S/C11H22BrNO/c1-9(2)6-13-7-10(5-12)14-11(3,4)8-13/h9-10H,5-8H2,1-4H3. The minimum Gasteiger partial charge on any atom is -0.369 e. The number of morpholine rings is 1. The van der Waals surface area contributed by atoms with Gasteiger partial charge < -0.3 is 4.74 Å². The van der Waals surface area contributed by atoms with Crippen molar-refractivity contribution < 1.29 is 4.74 Å². The topological polar surface area (TPSA) is 12.5 Å². The minimum atomic E-state index is 0.00553. The molecule has 0 aromatic rings. The molecule has 84 valence electrons. The largest absolute Gasteiger partial charge is 0.369 e. The van der Waals surface area contributed by atoms with Gasteiger partial charge in [-0.2, -0.15) is 0 Å². The summed E-state index contributed by atoms with van der Waals surface area (Å²) in [4.78, 5) is 2.51. The van der Waals surface area contributed by atoms with Crippen LogP contribution in [0.1, 0.15) is 27.7 Å².